The molecular weight excluding hydrogens is 288 g/mol. The quantitative estimate of drug-likeness (QED) is 0.495. The lowest BCUT2D eigenvalue weighted by Gasteiger charge is -2.43. The molecule has 0 aromatic carbocycles. The van der Waals surface area contributed by atoms with Crippen molar-refractivity contribution in [3.63, 3.8) is 0 Å². The van der Waals surface area contributed by atoms with E-state index in [2.05, 4.69) is 27.7 Å². The largest absolute Gasteiger partial charge is 0.0625 e. The number of hydrogen-bond acceptors (Lipinski definition) is 0. The Balaban J connectivity index is 1.37. The molecule has 0 heteroatoms. The molecule has 0 saturated heterocycles. The summed E-state index contributed by atoms with van der Waals surface area (Å²) in [4.78, 5) is 0. The molecule has 0 amide bonds. The SMILES string of the molecule is CC1CC[C](CCC2CCC(C3CC(C)C(C)C(C)C3)CC2)CC1. The summed E-state index contributed by atoms with van der Waals surface area (Å²) in [5.74, 6) is 8.97. The summed E-state index contributed by atoms with van der Waals surface area (Å²) in [5, 5.41) is 0. The van der Waals surface area contributed by atoms with Gasteiger partial charge in [-0.05, 0) is 98.7 Å². The lowest BCUT2D eigenvalue weighted by Crippen LogP contribution is -2.33. The third-order valence-corrected chi connectivity index (χ3v) is 8.59. The molecule has 0 spiro atoms. The van der Waals surface area contributed by atoms with Gasteiger partial charge in [-0.2, -0.15) is 0 Å². The molecule has 0 N–H and O–H groups in total. The van der Waals surface area contributed by atoms with E-state index in [-0.39, 0.29) is 0 Å². The number of rotatable bonds is 4. The minimum Gasteiger partial charge on any atom is -0.0625 e. The lowest BCUT2D eigenvalue weighted by molar-refractivity contribution is 0.0777. The predicted molar refractivity (Wildman–Crippen MR) is 106 cm³/mol. The van der Waals surface area contributed by atoms with Gasteiger partial charge in [-0.3, -0.25) is 0 Å². The fraction of sp³-hybridized carbons (Fsp3) is 0.958. The van der Waals surface area contributed by atoms with E-state index in [9.17, 15) is 0 Å². The second-order valence-electron chi connectivity index (χ2n) is 10.3. The highest BCUT2D eigenvalue weighted by molar-refractivity contribution is 4.94. The van der Waals surface area contributed by atoms with Crippen LogP contribution in [0.3, 0.4) is 0 Å². The molecule has 3 fully saturated rings. The highest BCUT2D eigenvalue weighted by Crippen LogP contribution is 2.46. The maximum absolute atomic E-state index is 2.52. The van der Waals surface area contributed by atoms with Crippen LogP contribution in [0.5, 0.6) is 0 Å². The van der Waals surface area contributed by atoms with Crippen LogP contribution in [0.25, 0.3) is 0 Å². The first-order valence-electron chi connectivity index (χ1n) is 11.4. The minimum atomic E-state index is 0.952. The summed E-state index contributed by atoms with van der Waals surface area (Å²) in [7, 11) is 0. The average Bonchev–Trinajstić information content (AvgIpc) is 2.59. The van der Waals surface area contributed by atoms with Crippen molar-refractivity contribution < 1.29 is 0 Å². The summed E-state index contributed by atoms with van der Waals surface area (Å²) in [5.41, 5.74) is 0. The normalized spacial score (nSPS) is 43.0. The lowest BCUT2D eigenvalue weighted by atomic mass is 9.63. The zero-order valence-corrected chi connectivity index (χ0v) is 17.0. The van der Waals surface area contributed by atoms with E-state index in [1.54, 1.807) is 25.7 Å². The molecule has 0 bridgehead atoms. The van der Waals surface area contributed by atoms with E-state index in [1.807, 2.05) is 5.92 Å². The topological polar surface area (TPSA) is 0 Å². The minimum absolute atomic E-state index is 0.952. The Morgan fingerprint density at radius 2 is 1.29 bits per heavy atom. The molecule has 0 nitrogen and oxygen atoms in total. The third-order valence-electron chi connectivity index (χ3n) is 8.59. The Labute approximate surface area is 152 Å². The van der Waals surface area contributed by atoms with E-state index in [0.717, 1.165) is 41.4 Å². The third kappa shape index (κ3) is 4.79. The smallest absolute Gasteiger partial charge is 0.0241 e. The van der Waals surface area contributed by atoms with Crippen LogP contribution in [0.4, 0.5) is 0 Å². The van der Waals surface area contributed by atoms with E-state index in [1.165, 1.54) is 51.4 Å². The van der Waals surface area contributed by atoms with Gasteiger partial charge in [0.15, 0.2) is 0 Å². The predicted octanol–water partition coefficient (Wildman–Crippen LogP) is 7.68. The summed E-state index contributed by atoms with van der Waals surface area (Å²) in [6.45, 7) is 9.96. The van der Waals surface area contributed by atoms with Gasteiger partial charge in [-0.25, -0.2) is 0 Å². The molecule has 0 heterocycles. The van der Waals surface area contributed by atoms with Crippen LogP contribution in [-0.2, 0) is 0 Å². The van der Waals surface area contributed by atoms with Gasteiger partial charge in [0.1, 0.15) is 0 Å². The van der Waals surface area contributed by atoms with Gasteiger partial charge in [0.25, 0.3) is 0 Å². The molecule has 1 radical (unpaired) electrons. The van der Waals surface area contributed by atoms with Gasteiger partial charge in [0.05, 0.1) is 0 Å². The Kier molecular flexibility index (Phi) is 6.72. The summed E-state index contributed by atoms with van der Waals surface area (Å²) in [6, 6.07) is 0. The molecule has 2 atom stereocenters. The van der Waals surface area contributed by atoms with Crippen LogP contribution in [0.1, 0.15) is 105 Å². The van der Waals surface area contributed by atoms with Crippen molar-refractivity contribution in [2.75, 3.05) is 0 Å². The zero-order chi connectivity index (χ0) is 17.1. The molecule has 0 aromatic rings. The number of hydrogen-bond donors (Lipinski definition) is 0. The molecule has 2 unspecified atom stereocenters. The zero-order valence-electron chi connectivity index (χ0n) is 17.0. The van der Waals surface area contributed by atoms with Crippen molar-refractivity contribution in [3.05, 3.63) is 5.92 Å². The van der Waals surface area contributed by atoms with Crippen LogP contribution in [-0.4, -0.2) is 0 Å². The second kappa shape index (κ2) is 8.59. The Hall–Kier alpha value is 0. The molecule has 3 saturated carbocycles. The average molecular weight is 332 g/mol. The van der Waals surface area contributed by atoms with Crippen LogP contribution >= 0.6 is 0 Å². The second-order valence-corrected chi connectivity index (χ2v) is 10.3. The van der Waals surface area contributed by atoms with E-state index in [4.69, 9.17) is 0 Å². The van der Waals surface area contributed by atoms with Crippen LogP contribution in [0.2, 0.25) is 0 Å². The summed E-state index contributed by atoms with van der Waals surface area (Å²) in [6.07, 6.45) is 18.1. The molecule has 139 valence electrons. The van der Waals surface area contributed by atoms with Gasteiger partial charge in [0.2, 0.25) is 0 Å². The van der Waals surface area contributed by atoms with Gasteiger partial charge in [0, 0.05) is 0 Å². The maximum Gasteiger partial charge on any atom is -0.0241 e. The first-order chi connectivity index (χ1) is 11.5. The Morgan fingerprint density at radius 1 is 0.708 bits per heavy atom. The molecular formula is C24H43. The van der Waals surface area contributed by atoms with Crippen molar-refractivity contribution in [2.24, 2.45) is 41.4 Å². The standard InChI is InChI=1S/C24H43/c1-17-5-7-21(8-6-17)9-10-22-11-13-23(14-12-22)24-15-18(2)20(4)19(3)16-24/h17-20,22-24H,5-16H2,1-4H3. The van der Waals surface area contributed by atoms with Crippen LogP contribution < -0.4 is 0 Å². The first-order valence-corrected chi connectivity index (χ1v) is 11.4. The van der Waals surface area contributed by atoms with Crippen LogP contribution in [0, 0.1) is 47.3 Å². The maximum atomic E-state index is 2.52. The van der Waals surface area contributed by atoms with Gasteiger partial charge in [-0.1, -0.05) is 53.4 Å². The first kappa shape index (κ1) is 18.8. The fourth-order valence-corrected chi connectivity index (χ4v) is 6.20. The Bertz CT molecular complexity index is 344. The van der Waals surface area contributed by atoms with Crippen LogP contribution in [0.15, 0.2) is 0 Å². The van der Waals surface area contributed by atoms with Gasteiger partial charge in [-0.15, -0.1) is 0 Å². The summed E-state index contributed by atoms with van der Waals surface area (Å²) >= 11 is 0. The van der Waals surface area contributed by atoms with E-state index >= 15 is 0 Å². The molecule has 24 heavy (non-hydrogen) atoms. The van der Waals surface area contributed by atoms with Crippen molar-refractivity contribution >= 4 is 0 Å². The van der Waals surface area contributed by atoms with Gasteiger partial charge >= 0.3 is 0 Å². The molecule has 3 rings (SSSR count). The van der Waals surface area contributed by atoms with E-state index in [0.29, 0.717) is 0 Å². The highest BCUT2D eigenvalue weighted by atomic mass is 14.4. The summed E-state index contributed by atoms with van der Waals surface area (Å²) < 4.78 is 0. The van der Waals surface area contributed by atoms with Crippen molar-refractivity contribution in [2.45, 2.75) is 105 Å². The van der Waals surface area contributed by atoms with Crippen molar-refractivity contribution in [1.82, 2.24) is 0 Å². The van der Waals surface area contributed by atoms with Gasteiger partial charge < -0.3 is 0 Å². The monoisotopic (exact) mass is 331 g/mol. The van der Waals surface area contributed by atoms with Crippen molar-refractivity contribution in [1.29, 1.82) is 0 Å². The molecule has 0 aromatic heterocycles. The fourth-order valence-electron chi connectivity index (χ4n) is 6.20. The van der Waals surface area contributed by atoms with Crippen molar-refractivity contribution in [3.8, 4) is 0 Å². The Morgan fingerprint density at radius 3 is 1.88 bits per heavy atom. The van der Waals surface area contributed by atoms with E-state index < -0.39 is 0 Å². The molecule has 3 aliphatic carbocycles. The molecule has 0 aliphatic heterocycles. The molecule has 3 aliphatic rings. The highest BCUT2D eigenvalue weighted by Gasteiger charge is 2.35.